The van der Waals surface area contributed by atoms with Gasteiger partial charge in [0.15, 0.2) is 17.5 Å². The fourth-order valence-corrected chi connectivity index (χ4v) is 4.11. The number of likely N-dealkylation sites (N-methyl/N-ethyl adjacent to an activating group) is 1. The summed E-state index contributed by atoms with van der Waals surface area (Å²) in [5.41, 5.74) is 1.06. The van der Waals surface area contributed by atoms with Crippen LogP contribution in [0.4, 0.5) is 0 Å². The average Bonchev–Trinajstić information content (AvgIpc) is 3.48. The Hall–Kier alpha value is -2.81. The fourth-order valence-electron chi connectivity index (χ4n) is 4.11. The molecule has 0 bridgehead atoms. The molecule has 1 aromatic heterocycles. The highest BCUT2D eigenvalue weighted by Crippen LogP contribution is 2.27. The van der Waals surface area contributed by atoms with E-state index in [1.165, 1.54) is 19.4 Å². The third-order valence-electron chi connectivity index (χ3n) is 5.94. The van der Waals surface area contributed by atoms with Crippen LogP contribution in [-0.2, 0) is 19.5 Å². The Bertz CT molecular complexity index is 868. The molecule has 1 atom stereocenters. The van der Waals surface area contributed by atoms with Crippen LogP contribution < -0.4 is 20.1 Å². The van der Waals surface area contributed by atoms with E-state index in [4.69, 9.17) is 14.5 Å². The maximum atomic E-state index is 5.43. The number of guanidine groups is 1. The molecule has 2 N–H and O–H groups in total. The lowest BCUT2D eigenvalue weighted by Gasteiger charge is -2.24. The van der Waals surface area contributed by atoms with E-state index in [0.29, 0.717) is 18.3 Å². The van der Waals surface area contributed by atoms with Gasteiger partial charge in [0.25, 0.3) is 0 Å². The lowest BCUT2D eigenvalue weighted by Crippen LogP contribution is -2.45. The van der Waals surface area contributed by atoms with E-state index in [-0.39, 0.29) is 0 Å². The Labute approximate surface area is 191 Å². The highest BCUT2D eigenvalue weighted by Gasteiger charge is 2.22. The number of hydrogen-bond acceptors (Lipinski definition) is 6. The fraction of sp³-hybridized carbons (Fsp3) is 0.609. The van der Waals surface area contributed by atoms with Gasteiger partial charge in [0.1, 0.15) is 12.2 Å². The van der Waals surface area contributed by atoms with Gasteiger partial charge in [-0.1, -0.05) is 19.9 Å². The molecular formula is C23H37N7O2. The van der Waals surface area contributed by atoms with Crippen LogP contribution in [0, 0.1) is 0 Å². The van der Waals surface area contributed by atoms with Gasteiger partial charge in [-0.25, -0.2) is 4.99 Å². The monoisotopic (exact) mass is 443 g/mol. The Morgan fingerprint density at radius 3 is 2.78 bits per heavy atom. The summed E-state index contributed by atoms with van der Waals surface area (Å²) in [5.74, 6) is 3.24. The second-order valence-electron chi connectivity index (χ2n) is 7.88. The molecule has 0 radical (unpaired) electrons. The van der Waals surface area contributed by atoms with Gasteiger partial charge in [-0.05, 0) is 43.6 Å². The molecule has 176 valence electrons. The predicted octanol–water partition coefficient (Wildman–Crippen LogP) is 2.08. The second-order valence-corrected chi connectivity index (χ2v) is 7.88. The second kappa shape index (κ2) is 12.3. The van der Waals surface area contributed by atoms with E-state index in [1.54, 1.807) is 20.5 Å². The Morgan fingerprint density at radius 1 is 1.19 bits per heavy atom. The van der Waals surface area contributed by atoms with Crippen molar-refractivity contribution in [3.8, 4) is 11.5 Å². The highest BCUT2D eigenvalue weighted by molar-refractivity contribution is 5.79. The van der Waals surface area contributed by atoms with Gasteiger partial charge in [-0.2, -0.15) is 0 Å². The number of rotatable bonds is 11. The molecular weight excluding hydrogens is 406 g/mol. The van der Waals surface area contributed by atoms with Gasteiger partial charge < -0.3 is 24.7 Å². The van der Waals surface area contributed by atoms with E-state index in [2.05, 4.69) is 44.1 Å². The quantitative estimate of drug-likeness (QED) is 0.406. The number of nitrogens with zero attached hydrogens (tertiary/aromatic N) is 5. The zero-order valence-electron chi connectivity index (χ0n) is 19.8. The van der Waals surface area contributed by atoms with Gasteiger partial charge in [-0.3, -0.25) is 4.90 Å². The maximum absolute atomic E-state index is 5.43. The molecule has 2 aromatic rings. The molecule has 1 aliphatic heterocycles. The Morgan fingerprint density at radius 2 is 2.03 bits per heavy atom. The summed E-state index contributed by atoms with van der Waals surface area (Å²) in [7, 11) is 3.29. The molecule has 1 saturated heterocycles. The van der Waals surface area contributed by atoms with Gasteiger partial charge in [0, 0.05) is 32.1 Å². The van der Waals surface area contributed by atoms with E-state index < -0.39 is 0 Å². The molecule has 32 heavy (non-hydrogen) atoms. The zero-order chi connectivity index (χ0) is 22.8. The van der Waals surface area contributed by atoms with Crippen LogP contribution >= 0.6 is 0 Å². The SMILES string of the molecule is CCc1nncn1CCNC(=NCc1ccc(OC)c(OC)c1)NCC1CCCN1CC. The molecule has 3 rings (SSSR count). The third kappa shape index (κ3) is 6.35. The lowest BCUT2D eigenvalue weighted by molar-refractivity contribution is 0.267. The number of methoxy groups -OCH3 is 2. The number of aromatic nitrogens is 3. The number of hydrogen-bond donors (Lipinski definition) is 2. The molecule has 2 heterocycles. The smallest absolute Gasteiger partial charge is 0.191 e. The first-order valence-electron chi connectivity index (χ1n) is 11.5. The molecule has 0 saturated carbocycles. The summed E-state index contributed by atoms with van der Waals surface area (Å²) in [6.45, 7) is 9.55. The molecule has 0 amide bonds. The van der Waals surface area contributed by atoms with Crippen LogP contribution in [0.3, 0.4) is 0 Å². The summed E-state index contributed by atoms with van der Waals surface area (Å²) in [4.78, 5) is 7.37. The van der Waals surface area contributed by atoms with E-state index in [1.807, 2.05) is 18.2 Å². The van der Waals surface area contributed by atoms with Crippen molar-refractivity contribution >= 4 is 5.96 Å². The van der Waals surface area contributed by atoms with Crippen LogP contribution in [0.1, 0.15) is 38.1 Å². The number of likely N-dealkylation sites (tertiary alicyclic amines) is 1. The van der Waals surface area contributed by atoms with Crippen LogP contribution in [-0.4, -0.2) is 72.1 Å². The molecule has 0 spiro atoms. The van der Waals surface area contributed by atoms with E-state index in [0.717, 1.165) is 55.7 Å². The van der Waals surface area contributed by atoms with Gasteiger partial charge >= 0.3 is 0 Å². The number of nitrogens with one attached hydrogen (secondary N) is 2. The maximum Gasteiger partial charge on any atom is 0.191 e. The minimum absolute atomic E-state index is 0.546. The molecule has 9 heteroatoms. The number of ether oxygens (including phenoxy) is 2. The Kier molecular flexibility index (Phi) is 9.15. The molecule has 9 nitrogen and oxygen atoms in total. The summed E-state index contributed by atoms with van der Waals surface area (Å²) in [5, 5.41) is 15.2. The first-order chi connectivity index (χ1) is 15.7. The topological polar surface area (TPSA) is 88.8 Å². The minimum Gasteiger partial charge on any atom is -0.493 e. The largest absolute Gasteiger partial charge is 0.493 e. The molecule has 1 aliphatic rings. The average molecular weight is 444 g/mol. The van der Waals surface area contributed by atoms with E-state index in [9.17, 15) is 0 Å². The standard InChI is InChI=1S/C23H37N7O2/c1-5-22-28-27-17-30(22)13-11-24-23(26-16-19-8-7-12-29(19)6-2)25-15-18-9-10-20(31-3)21(14-18)32-4/h9-10,14,17,19H,5-8,11-13,15-16H2,1-4H3,(H2,24,25,26). The first kappa shape index (κ1) is 23.8. The molecule has 1 aromatic carbocycles. The van der Waals surface area contributed by atoms with Crippen LogP contribution in [0.25, 0.3) is 0 Å². The summed E-state index contributed by atoms with van der Waals surface area (Å²) >= 11 is 0. The summed E-state index contributed by atoms with van der Waals surface area (Å²) in [6.07, 6.45) is 5.14. The van der Waals surface area contributed by atoms with E-state index >= 15 is 0 Å². The van der Waals surface area contributed by atoms with Crippen molar-refractivity contribution in [1.29, 1.82) is 0 Å². The normalized spacial score (nSPS) is 16.9. The van der Waals surface area contributed by atoms with Crippen LogP contribution in [0.5, 0.6) is 11.5 Å². The number of aryl methyl sites for hydroxylation is 1. The van der Waals surface area contributed by atoms with Crippen molar-refractivity contribution in [2.75, 3.05) is 40.4 Å². The third-order valence-corrected chi connectivity index (χ3v) is 5.94. The van der Waals surface area contributed by atoms with Crippen LogP contribution in [0.2, 0.25) is 0 Å². The van der Waals surface area contributed by atoms with Crippen molar-refractivity contribution in [3.05, 3.63) is 35.9 Å². The number of aliphatic imine (C=N–C) groups is 1. The molecule has 0 aliphatic carbocycles. The number of benzene rings is 1. The predicted molar refractivity (Wildman–Crippen MR) is 126 cm³/mol. The lowest BCUT2D eigenvalue weighted by atomic mass is 10.2. The van der Waals surface area contributed by atoms with Crippen molar-refractivity contribution in [2.24, 2.45) is 4.99 Å². The first-order valence-corrected chi connectivity index (χ1v) is 11.5. The zero-order valence-corrected chi connectivity index (χ0v) is 19.8. The Balaban J connectivity index is 1.64. The van der Waals surface area contributed by atoms with Crippen molar-refractivity contribution in [3.63, 3.8) is 0 Å². The van der Waals surface area contributed by atoms with Crippen LogP contribution in [0.15, 0.2) is 29.5 Å². The van der Waals surface area contributed by atoms with Crippen molar-refractivity contribution in [2.45, 2.75) is 52.2 Å². The minimum atomic E-state index is 0.546. The summed E-state index contributed by atoms with van der Waals surface area (Å²) < 4.78 is 12.8. The van der Waals surface area contributed by atoms with Gasteiger partial charge in [0.05, 0.1) is 20.8 Å². The van der Waals surface area contributed by atoms with Gasteiger partial charge in [0.2, 0.25) is 0 Å². The highest BCUT2D eigenvalue weighted by atomic mass is 16.5. The molecule has 1 fully saturated rings. The van der Waals surface area contributed by atoms with Gasteiger partial charge in [-0.15, -0.1) is 10.2 Å². The molecule has 1 unspecified atom stereocenters. The van der Waals surface area contributed by atoms with Crippen molar-refractivity contribution < 1.29 is 9.47 Å². The summed E-state index contributed by atoms with van der Waals surface area (Å²) in [6, 6.07) is 6.46. The van der Waals surface area contributed by atoms with Crippen molar-refractivity contribution in [1.82, 2.24) is 30.3 Å².